The van der Waals surface area contributed by atoms with Gasteiger partial charge in [-0.3, -0.25) is 14.3 Å². The number of hydrogen-bond donors (Lipinski definition) is 1. The third-order valence-corrected chi connectivity index (χ3v) is 5.01. The van der Waals surface area contributed by atoms with E-state index in [0.717, 1.165) is 28.9 Å². The van der Waals surface area contributed by atoms with Gasteiger partial charge in [0, 0.05) is 53.4 Å². The van der Waals surface area contributed by atoms with Crippen LogP contribution in [0.5, 0.6) is 0 Å². The van der Waals surface area contributed by atoms with Gasteiger partial charge < -0.3 is 4.90 Å². The lowest BCUT2D eigenvalue weighted by Gasteiger charge is -2.26. The number of amides is 1. The molecule has 1 aliphatic heterocycles. The predicted octanol–water partition coefficient (Wildman–Crippen LogP) is 2.97. The second-order valence-corrected chi connectivity index (χ2v) is 6.91. The van der Waals surface area contributed by atoms with E-state index in [-0.39, 0.29) is 5.91 Å². The minimum absolute atomic E-state index is 0.107. The molecule has 0 fully saturated rings. The lowest BCUT2D eigenvalue weighted by Crippen LogP contribution is -2.36. The quantitative estimate of drug-likeness (QED) is 0.581. The lowest BCUT2D eigenvalue weighted by atomic mass is 10.0. The highest BCUT2D eigenvalue weighted by atomic mass is 35.5. The molecule has 0 saturated carbocycles. The normalized spacial score (nSPS) is 13.7. The molecule has 0 saturated heterocycles. The molecule has 8 heteroatoms. The number of aromatic amines is 1. The largest absolute Gasteiger partial charge is 0.332 e. The fourth-order valence-electron chi connectivity index (χ4n) is 3.44. The van der Waals surface area contributed by atoms with Gasteiger partial charge in [-0.25, -0.2) is 9.97 Å². The van der Waals surface area contributed by atoms with Crippen LogP contribution in [0.15, 0.2) is 48.9 Å². The molecule has 27 heavy (non-hydrogen) atoms. The minimum atomic E-state index is -0.107. The zero-order valence-corrected chi connectivity index (χ0v) is 15.0. The number of carbonyl (C=O) groups is 1. The molecule has 4 heterocycles. The van der Waals surface area contributed by atoms with Crippen LogP contribution in [-0.4, -0.2) is 41.9 Å². The van der Waals surface area contributed by atoms with Crippen LogP contribution in [0, 0.1) is 0 Å². The number of fused-ring (bicyclic) bond motifs is 2. The molecule has 4 aromatic rings. The number of imidazole rings is 1. The monoisotopic (exact) mass is 378 g/mol. The minimum Gasteiger partial charge on any atom is -0.332 e. The number of H-pyrrole nitrogens is 1. The highest BCUT2D eigenvalue weighted by Crippen LogP contribution is 2.30. The summed E-state index contributed by atoms with van der Waals surface area (Å²) in [5, 5.41) is 8.22. The molecule has 134 valence electrons. The third kappa shape index (κ3) is 2.76. The maximum absolute atomic E-state index is 13.0. The van der Waals surface area contributed by atoms with Crippen LogP contribution in [0.25, 0.3) is 17.0 Å². The van der Waals surface area contributed by atoms with Crippen LogP contribution in [0.2, 0.25) is 5.02 Å². The van der Waals surface area contributed by atoms with E-state index < -0.39 is 0 Å². The van der Waals surface area contributed by atoms with Crippen molar-refractivity contribution in [2.45, 2.75) is 13.0 Å². The molecule has 1 aliphatic rings. The second-order valence-electron chi connectivity index (χ2n) is 6.47. The summed E-state index contributed by atoms with van der Waals surface area (Å²) in [5.74, 6) is 0.408. The topological polar surface area (TPSA) is 79.2 Å². The van der Waals surface area contributed by atoms with Crippen molar-refractivity contribution in [3.8, 4) is 11.3 Å². The highest BCUT2D eigenvalue weighted by molar-refractivity contribution is 6.30. The van der Waals surface area contributed by atoms with Crippen molar-refractivity contribution in [3.05, 3.63) is 70.9 Å². The highest BCUT2D eigenvalue weighted by Gasteiger charge is 2.27. The Morgan fingerprint density at radius 3 is 3.04 bits per heavy atom. The Kier molecular flexibility index (Phi) is 3.68. The molecule has 0 radical (unpaired) electrons. The van der Waals surface area contributed by atoms with E-state index in [1.165, 1.54) is 0 Å². The molecule has 0 bridgehead atoms. The SMILES string of the molecule is O=C(c1cn2cccnc2n1)N1CCc2[nH]nc(-c3cccc(Cl)c3)c2C1. The Hall–Kier alpha value is -3.19. The second kappa shape index (κ2) is 6.21. The molecule has 0 spiro atoms. The molecule has 0 aliphatic carbocycles. The van der Waals surface area contributed by atoms with Crippen LogP contribution in [-0.2, 0) is 13.0 Å². The average Bonchev–Trinajstić information content (AvgIpc) is 3.31. The maximum Gasteiger partial charge on any atom is 0.274 e. The van der Waals surface area contributed by atoms with Gasteiger partial charge in [-0.1, -0.05) is 23.7 Å². The smallest absolute Gasteiger partial charge is 0.274 e. The van der Waals surface area contributed by atoms with Crippen molar-refractivity contribution < 1.29 is 4.79 Å². The first kappa shape index (κ1) is 16.0. The summed E-state index contributed by atoms with van der Waals surface area (Å²) >= 11 is 6.12. The molecular formula is C19H15ClN6O. The van der Waals surface area contributed by atoms with Gasteiger partial charge in [-0.2, -0.15) is 5.10 Å². The van der Waals surface area contributed by atoms with Gasteiger partial charge in [-0.15, -0.1) is 0 Å². The Bertz CT molecular complexity index is 1130. The number of rotatable bonds is 2. The number of nitrogens with one attached hydrogen (secondary N) is 1. The molecule has 7 nitrogen and oxygen atoms in total. The number of hydrogen-bond acceptors (Lipinski definition) is 4. The number of carbonyl (C=O) groups excluding carboxylic acids is 1. The number of aromatic nitrogens is 5. The summed E-state index contributed by atoms with van der Waals surface area (Å²) in [6.07, 6.45) is 5.92. The number of halogens is 1. The Balaban J connectivity index is 1.47. The molecule has 1 amide bonds. The lowest BCUT2D eigenvalue weighted by molar-refractivity contribution is 0.0729. The van der Waals surface area contributed by atoms with Crippen LogP contribution < -0.4 is 0 Å². The van der Waals surface area contributed by atoms with E-state index in [1.54, 1.807) is 27.8 Å². The predicted molar refractivity (Wildman–Crippen MR) is 100 cm³/mol. The van der Waals surface area contributed by atoms with E-state index in [2.05, 4.69) is 20.2 Å². The van der Waals surface area contributed by atoms with E-state index in [9.17, 15) is 4.79 Å². The third-order valence-electron chi connectivity index (χ3n) is 4.77. The van der Waals surface area contributed by atoms with Gasteiger partial charge in [-0.05, 0) is 18.2 Å². The van der Waals surface area contributed by atoms with Gasteiger partial charge in [0.1, 0.15) is 5.69 Å². The summed E-state index contributed by atoms with van der Waals surface area (Å²) in [6, 6.07) is 9.38. The van der Waals surface area contributed by atoms with E-state index >= 15 is 0 Å². The molecule has 3 aromatic heterocycles. The number of benzene rings is 1. The first-order valence-corrected chi connectivity index (χ1v) is 8.98. The molecule has 0 unspecified atom stereocenters. The van der Waals surface area contributed by atoms with Crippen molar-refractivity contribution in [1.29, 1.82) is 0 Å². The van der Waals surface area contributed by atoms with Crippen LogP contribution in [0.4, 0.5) is 0 Å². The number of nitrogens with zero attached hydrogens (tertiary/aromatic N) is 5. The van der Waals surface area contributed by atoms with Gasteiger partial charge in [0.05, 0.1) is 12.2 Å². The van der Waals surface area contributed by atoms with E-state index in [4.69, 9.17) is 11.6 Å². The average molecular weight is 379 g/mol. The fourth-order valence-corrected chi connectivity index (χ4v) is 3.63. The summed E-state index contributed by atoms with van der Waals surface area (Å²) in [6.45, 7) is 1.10. The van der Waals surface area contributed by atoms with Gasteiger partial charge in [0.2, 0.25) is 5.78 Å². The van der Waals surface area contributed by atoms with Gasteiger partial charge >= 0.3 is 0 Å². The zero-order chi connectivity index (χ0) is 18.4. The van der Waals surface area contributed by atoms with Crippen molar-refractivity contribution >= 4 is 23.3 Å². The Morgan fingerprint density at radius 2 is 2.19 bits per heavy atom. The van der Waals surface area contributed by atoms with Crippen molar-refractivity contribution in [2.24, 2.45) is 0 Å². The maximum atomic E-state index is 13.0. The van der Waals surface area contributed by atoms with Crippen LogP contribution in [0.1, 0.15) is 21.7 Å². The first-order chi connectivity index (χ1) is 13.2. The van der Waals surface area contributed by atoms with Crippen molar-refractivity contribution in [1.82, 2.24) is 29.5 Å². The summed E-state index contributed by atoms with van der Waals surface area (Å²) in [7, 11) is 0. The van der Waals surface area contributed by atoms with Crippen LogP contribution in [0.3, 0.4) is 0 Å². The summed E-state index contributed by atoms with van der Waals surface area (Å²) < 4.78 is 1.75. The molecule has 1 aromatic carbocycles. The molecule has 1 N–H and O–H groups in total. The van der Waals surface area contributed by atoms with Crippen LogP contribution >= 0.6 is 11.6 Å². The van der Waals surface area contributed by atoms with Gasteiger partial charge in [0.25, 0.3) is 5.91 Å². The van der Waals surface area contributed by atoms with Crippen molar-refractivity contribution in [2.75, 3.05) is 6.54 Å². The van der Waals surface area contributed by atoms with Gasteiger partial charge in [0.15, 0.2) is 0 Å². The Labute approximate surface area is 159 Å². The Morgan fingerprint density at radius 1 is 1.26 bits per heavy atom. The fraction of sp³-hybridized carbons (Fsp3) is 0.158. The summed E-state index contributed by atoms with van der Waals surface area (Å²) in [4.78, 5) is 23.3. The molecular weight excluding hydrogens is 364 g/mol. The molecule has 5 rings (SSSR count). The zero-order valence-electron chi connectivity index (χ0n) is 14.3. The summed E-state index contributed by atoms with van der Waals surface area (Å²) in [5.41, 5.74) is 4.25. The molecule has 0 atom stereocenters. The first-order valence-electron chi connectivity index (χ1n) is 8.60. The van der Waals surface area contributed by atoms with E-state index in [1.807, 2.05) is 30.5 Å². The standard InChI is InChI=1S/C19H15ClN6O/c20-13-4-1-3-12(9-13)17-14-10-25(8-5-15(14)23-24-17)18(27)16-11-26-7-2-6-21-19(26)22-16/h1-4,6-7,9,11H,5,8,10H2,(H,23,24). The van der Waals surface area contributed by atoms with E-state index in [0.29, 0.717) is 29.6 Å². The van der Waals surface area contributed by atoms with Crippen molar-refractivity contribution in [3.63, 3.8) is 0 Å².